The van der Waals surface area contributed by atoms with Gasteiger partial charge in [0.25, 0.3) is 0 Å². The number of anilines is 2. The number of hydrogen-bond acceptors (Lipinski definition) is 8. The van der Waals surface area contributed by atoms with E-state index in [4.69, 9.17) is 15.6 Å². The Morgan fingerprint density at radius 2 is 2.06 bits per heavy atom. The molecule has 3 aromatic heterocycles. The van der Waals surface area contributed by atoms with Crippen molar-refractivity contribution in [1.29, 1.82) is 0 Å². The Morgan fingerprint density at radius 1 is 1.26 bits per heavy atom. The highest BCUT2D eigenvalue weighted by Gasteiger charge is 2.31. The molecule has 10 nitrogen and oxygen atoms in total. The van der Waals surface area contributed by atoms with Crippen LogP contribution in [0.3, 0.4) is 0 Å². The molecule has 0 bridgehead atoms. The average molecular weight is 425 g/mol. The fourth-order valence-electron chi connectivity index (χ4n) is 3.78. The molecule has 4 heterocycles. The summed E-state index contributed by atoms with van der Waals surface area (Å²) in [6.07, 6.45) is 4.60. The van der Waals surface area contributed by atoms with Gasteiger partial charge in [0.15, 0.2) is 5.65 Å². The van der Waals surface area contributed by atoms with Crippen molar-refractivity contribution in [1.82, 2.24) is 29.6 Å². The van der Waals surface area contributed by atoms with Crippen molar-refractivity contribution < 1.29 is 9.53 Å². The number of piperidine rings is 1. The molecule has 3 aromatic rings. The number of carbonyl (C=O) groups excluding carboxylic acids is 1. The fraction of sp³-hybridized carbons (Fsp3) is 0.476. The summed E-state index contributed by atoms with van der Waals surface area (Å²) < 4.78 is 7.43. The third-order valence-corrected chi connectivity index (χ3v) is 5.21. The number of nitrogen functional groups attached to an aromatic ring is 1. The molecule has 0 radical (unpaired) electrons. The van der Waals surface area contributed by atoms with Crippen molar-refractivity contribution in [2.24, 2.45) is 0 Å². The van der Waals surface area contributed by atoms with E-state index >= 15 is 0 Å². The van der Waals surface area contributed by atoms with Crippen LogP contribution in [-0.2, 0) is 4.74 Å². The zero-order valence-corrected chi connectivity index (χ0v) is 18.3. The molecule has 0 spiro atoms. The summed E-state index contributed by atoms with van der Waals surface area (Å²) in [5, 5.41) is 8.56. The van der Waals surface area contributed by atoms with Crippen molar-refractivity contribution in [2.75, 3.05) is 31.2 Å². The van der Waals surface area contributed by atoms with E-state index in [-0.39, 0.29) is 12.1 Å². The summed E-state index contributed by atoms with van der Waals surface area (Å²) in [4.78, 5) is 27.4. The van der Waals surface area contributed by atoms with Crippen LogP contribution in [0, 0.1) is 0 Å². The molecule has 10 heteroatoms. The van der Waals surface area contributed by atoms with Gasteiger partial charge in [-0.15, -0.1) is 0 Å². The van der Waals surface area contributed by atoms with Gasteiger partial charge in [-0.3, -0.25) is 0 Å². The minimum absolute atomic E-state index is 0.0450. The van der Waals surface area contributed by atoms with Gasteiger partial charge in [-0.1, -0.05) is 0 Å². The number of likely N-dealkylation sites (tertiary alicyclic amines) is 1. The molecule has 1 amide bonds. The molecule has 1 fully saturated rings. The predicted octanol–water partition coefficient (Wildman–Crippen LogP) is 3.08. The monoisotopic (exact) mass is 424 g/mol. The Labute approximate surface area is 180 Å². The van der Waals surface area contributed by atoms with Crippen LogP contribution < -0.4 is 11.1 Å². The normalized spacial score (nSPS) is 17.0. The number of carbonyl (C=O) groups is 1. The number of pyridine rings is 1. The number of hydrogen-bond donors (Lipinski definition) is 2. The summed E-state index contributed by atoms with van der Waals surface area (Å²) in [6, 6.07) is 3.77. The molecule has 4 rings (SSSR count). The van der Waals surface area contributed by atoms with Crippen molar-refractivity contribution in [2.45, 2.75) is 45.3 Å². The summed E-state index contributed by atoms with van der Waals surface area (Å²) in [7, 11) is 1.82. The van der Waals surface area contributed by atoms with Gasteiger partial charge in [0.2, 0.25) is 0 Å². The van der Waals surface area contributed by atoms with Crippen molar-refractivity contribution in [3.63, 3.8) is 0 Å². The Kier molecular flexibility index (Phi) is 5.38. The SMILES string of the molecule is CNc1ccc(-c2nn([C@@H]3CCCN(C(=O)OC(C)(C)C)C3)c3ncnc(N)c23)cn1. The third-order valence-electron chi connectivity index (χ3n) is 5.21. The second-order valence-corrected chi connectivity index (χ2v) is 8.66. The van der Waals surface area contributed by atoms with E-state index < -0.39 is 5.60 Å². The lowest BCUT2D eigenvalue weighted by Crippen LogP contribution is -2.43. The number of nitrogens with zero attached hydrogens (tertiary/aromatic N) is 6. The smallest absolute Gasteiger partial charge is 0.410 e. The summed E-state index contributed by atoms with van der Waals surface area (Å²) in [5.41, 5.74) is 7.83. The maximum atomic E-state index is 12.6. The van der Waals surface area contributed by atoms with Gasteiger partial charge in [0.05, 0.1) is 11.4 Å². The van der Waals surface area contributed by atoms with Gasteiger partial charge in [0.1, 0.15) is 29.3 Å². The molecule has 3 N–H and O–H groups in total. The minimum atomic E-state index is -0.538. The largest absolute Gasteiger partial charge is 0.444 e. The van der Waals surface area contributed by atoms with Crippen molar-refractivity contribution >= 4 is 28.8 Å². The highest BCUT2D eigenvalue weighted by Crippen LogP contribution is 2.33. The maximum absolute atomic E-state index is 12.6. The lowest BCUT2D eigenvalue weighted by molar-refractivity contribution is 0.0169. The number of aromatic nitrogens is 5. The quantitative estimate of drug-likeness (QED) is 0.657. The Bertz CT molecular complexity index is 1090. The van der Waals surface area contributed by atoms with Crippen LogP contribution in [0.25, 0.3) is 22.3 Å². The highest BCUT2D eigenvalue weighted by atomic mass is 16.6. The van der Waals surface area contributed by atoms with Gasteiger partial charge < -0.3 is 20.7 Å². The van der Waals surface area contributed by atoms with E-state index in [1.807, 2.05) is 44.6 Å². The molecule has 164 valence electrons. The van der Waals surface area contributed by atoms with Gasteiger partial charge >= 0.3 is 6.09 Å². The van der Waals surface area contributed by atoms with Crippen LogP contribution in [0.4, 0.5) is 16.4 Å². The van der Waals surface area contributed by atoms with E-state index in [2.05, 4.69) is 20.3 Å². The predicted molar refractivity (Wildman–Crippen MR) is 119 cm³/mol. The van der Waals surface area contributed by atoms with Crippen LogP contribution >= 0.6 is 0 Å². The molecule has 1 atom stereocenters. The molecular weight excluding hydrogens is 396 g/mol. The second kappa shape index (κ2) is 8.01. The number of fused-ring (bicyclic) bond motifs is 1. The summed E-state index contributed by atoms with van der Waals surface area (Å²) >= 11 is 0. The van der Waals surface area contributed by atoms with Crippen molar-refractivity contribution in [3.8, 4) is 11.3 Å². The molecule has 1 aliphatic rings. The van der Waals surface area contributed by atoms with Crippen LogP contribution in [0.15, 0.2) is 24.7 Å². The number of ether oxygens (including phenoxy) is 1. The van der Waals surface area contributed by atoms with E-state index in [0.717, 1.165) is 24.2 Å². The van der Waals surface area contributed by atoms with Gasteiger partial charge in [-0.25, -0.2) is 24.4 Å². The van der Waals surface area contributed by atoms with E-state index in [1.54, 1.807) is 11.1 Å². The zero-order valence-electron chi connectivity index (χ0n) is 18.3. The Morgan fingerprint density at radius 3 is 2.74 bits per heavy atom. The lowest BCUT2D eigenvalue weighted by atomic mass is 10.1. The maximum Gasteiger partial charge on any atom is 0.410 e. The van der Waals surface area contributed by atoms with Gasteiger partial charge in [-0.05, 0) is 45.7 Å². The average Bonchev–Trinajstić information content (AvgIpc) is 3.14. The van der Waals surface area contributed by atoms with E-state index in [9.17, 15) is 4.79 Å². The van der Waals surface area contributed by atoms with Crippen LogP contribution in [-0.4, -0.2) is 61.5 Å². The van der Waals surface area contributed by atoms with Crippen molar-refractivity contribution in [3.05, 3.63) is 24.7 Å². The summed E-state index contributed by atoms with van der Waals surface area (Å²) in [5.74, 6) is 1.13. The Hall–Kier alpha value is -3.43. The molecule has 31 heavy (non-hydrogen) atoms. The molecule has 1 saturated heterocycles. The molecule has 1 aliphatic heterocycles. The first-order valence-electron chi connectivity index (χ1n) is 10.4. The summed E-state index contributed by atoms with van der Waals surface area (Å²) in [6.45, 7) is 6.75. The Balaban J connectivity index is 1.71. The van der Waals surface area contributed by atoms with Crippen LogP contribution in [0.2, 0.25) is 0 Å². The zero-order chi connectivity index (χ0) is 22.2. The van der Waals surface area contributed by atoms with Crippen LogP contribution in [0.5, 0.6) is 0 Å². The van der Waals surface area contributed by atoms with Gasteiger partial charge in [0, 0.05) is 31.9 Å². The third kappa shape index (κ3) is 4.23. The van der Waals surface area contributed by atoms with E-state index in [0.29, 0.717) is 35.6 Å². The number of amides is 1. The molecule has 0 aromatic carbocycles. The lowest BCUT2D eigenvalue weighted by Gasteiger charge is -2.34. The second-order valence-electron chi connectivity index (χ2n) is 8.66. The topological polar surface area (TPSA) is 124 Å². The number of nitrogens with two attached hydrogens (primary N) is 1. The first-order chi connectivity index (χ1) is 14.8. The number of rotatable bonds is 3. The van der Waals surface area contributed by atoms with Crippen LogP contribution in [0.1, 0.15) is 39.7 Å². The molecule has 0 unspecified atom stereocenters. The van der Waals surface area contributed by atoms with E-state index in [1.165, 1.54) is 6.33 Å². The molecule has 0 saturated carbocycles. The standard InChI is InChI=1S/C21H28N8O2/c1-21(2,3)31-20(30)28-9-5-6-14(11-28)29-19-16(18(22)25-12-26-19)17(27-29)13-7-8-15(23-4)24-10-13/h7-8,10,12,14H,5-6,9,11H2,1-4H3,(H,23,24)(H2,22,25,26)/t14-/m1/s1. The number of nitrogens with one attached hydrogen (secondary N) is 1. The first kappa shape index (κ1) is 20.8. The fourth-order valence-corrected chi connectivity index (χ4v) is 3.78. The minimum Gasteiger partial charge on any atom is -0.444 e. The molecular formula is C21H28N8O2. The van der Waals surface area contributed by atoms with Gasteiger partial charge in [-0.2, -0.15) is 5.10 Å². The highest BCUT2D eigenvalue weighted by molar-refractivity contribution is 5.98. The molecule has 0 aliphatic carbocycles. The first-order valence-corrected chi connectivity index (χ1v) is 10.4.